The van der Waals surface area contributed by atoms with Crippen LogP contribution in [-0.2, 0) is 17.7 Å². The fourth-order valence-electron chi connectivity index (χ4n) is 3.56. The lowest BCUT2D eigenvalue weighted by atomic mass is 9.96. The quantitative estimate of drug-likeness (QED) is 0.866. The summed E-state index contributed by atoms with van der Waals surface area (Å²) in [6, 6.07) is 4.48. The minimum Gasteiger partial charge on any atom is -0.356 e. The van der Waals surface area contributed by atoms with E-state index in [1.54, 1.807) is 0 Å². The Balaban J connectivity index is 1.87. The van der Waals surface area contributed by atoms with E-state index >= 15 is 0 Å². The SMILES string of the molecule is Cc1nn(C2CCCCO2)c2ccc3c(c12)CCNC3. The lowest BCUT2D eigenvalue weighted by Crippen LogP contribution is -2.23. The smallest absolute Gasteiger partial charge is 0.150 e. The molecule has 2 aromatic rings. The van der Waals surface area contributed by atoms with E-state index in [4.69, 9.17) is 9.84 Å². The number of nitrogens with one attached hydrogen (secondary N) is 1. The van der Waals surface area contributed by atoms with Gasteiger partial charge in [-0.1, -0.05) is 6.07 Å². The third-order valence-electron chi connectivity index (χ3n) is 4.55. The van der Waals surface area contributed by atoms with Gasteiger partial charge in [-0.2, -0.15) is 5.10 Å². The minimum atomic E-state index is 0.125. The highest BCUT2D eigenvalue weighted by molar-refractivity contribution is 5.87. The monoisotopic (exact) mass is 271 g/mol. The van der Waals surface area contributed by atoms with Crippen molar-refractivity contribution in [1.82, 2.24) is 15.1 Å². The largest absolute Gasteiger partial charge is 0.356 e. The van der Waals surface area contributed by atoms with Crippen LogP contribution in [0.4, 0.5) is 0 Å². The van der Waals surface area contributed by atoms with Crippen LogP contribution in [0.2, 0.25) is 0 Å². The Morgan fingerprint density at radius 1 is 1.35 bits per heavy atom. The van der Waals surface area contributed by atoms with Gasteiger partial charge in [0.15, 0.2) is 6.23 Å². The first-order valence-electron chi connectivity index (χ1n) is 7.66. The van der Waals surface area contributed by atoms with Crippen LogP contribution in [0.25, 0.3) is 10.9 Å². The van der Waals surface area contributed by atoms with Gasteiger partial charge in [0.2, 0.25) is 0 Å². The highest BCUT2D eigenvalue weighted by Gasteiger charge is 2.22. The molecule has 1 atom stereocenters. The number of hydrogen-bond donors (Lipinski definition) is 1. The summed E-state index contributed by atoms with van der Waals surface area (Å²) < 4.78 is 8.03. The average molecular weight is 271 g/mol. The fraction of sp³-hybridized carbons (Fsp3) is 0.562. The lowest BCUT2D eigenvalue weighted by molar-refractivity contribution is -0.0368. The van der Waals surface area contributed by atoms with Gasteiger partial charge in [-0.25, -0.2) is 4.68 Å². The van der Waals surface area contributed by atoms with Gasteiger partial charge >= 0.3 is 0 Å². The van der Waals surface area contributed by atoms with Gasteiger partial charge in [-0.05, 0) is 56.3 Å². The molecule has 1 fully saturated rings. The molecule has 20 heavy (non-hydrogen) atoms. The molecule has 0 amide bonds. The van der Waals surface area contributed by atoms with E-state index in [9.17, 15) is 0 Å². The molecule has 2 aliphatic heterocycles. The van der Waals surface area contributed by atoms with Gasteiger partial charge in [0.1, 0.15) is 0 Å². The number of aromatic nitrogens is 2. The van der Waals surface area contributed by atoms with E-state index in [1.807, 2.05) is 0 Å². The van der Waals surface area contributed by atoms with Crippen LogP contribution in [0, 0.1) is 6.92 Å². The molecule has 106 valence electrons. The van der Waals surface area contributed by atoms with Crippen molar-refractivity contribution >= 4 is 10.9 Å². The van der Waals surface area contributed by atoms with E-state index in [0.29, 0.717) is 0 Å². The van der Waals surface area contributed by atoms with E-state index in [2.05, 4.69) is 29.1 Å². The maximum Gasteiger partial charge on any atom is 0.150 e. The Labute approximate surface area is 119 Å². The van der Waals surface area contributed by atoms with Crippen LogP contribution in [0.3, 0.4) is 0 Å². The van der Waals surface area contributed by atoms with Crippen molar-refractivity contribution in [3.63, 3.8) is 0 Å². The first-order chi connectivity index (χ1) is 9.84. The summed E-state index contributed by atoms with van der Waals surface area (Å²) in [4.78, 5) is 0. The van der Waals surface area contributed by atoms with Gasteiger partial charge in [-0.3, -0.25) is 0 Å². The summed E-state index contributed by atoms with van der Waals surface area (Å²) in [5.74, 6) is 0. The molecule has 0 spiro atoms. The van der Waals surface area contributed by atoms with Crippen molar-refractivity contribution in [2.24, 2.45) is 0 Å². The van der Waals surface area contributed by atoms with E-state index in [1.165, 1.54) is 34.9 Å². The zero-order chi connectivity index (χ0) is 13.5. The zero-order valence-electron chi connectivity index (χ0n) is 12.0. The second-order valence-corrected chi connectivity index (χ2v) is 5.88. The highest BCUT2D eigenvalue weighted by Crippen LogP contribution is 2.32. The van der Waals surface area contributed by atoms with Gasteiger partial charge in [0, 0.05) is 18.5 Å². The first kappa shape index (κ1) is 12.4. The summed E-state index contributed by atoms with van der Waals surface area (Å²) in [6.45, 7) is 5.04. The summed E-state index contributed by atoms with van der Waals surface area (Å²) in [5, 5.41) is 9.60. The highest BCUT2D eigenvalue weighted by atomic mass is 16.5. The van der Waals surface area contributed by atoms with Crippen molar-refractivity contribution in [2.45, 2.75) is 45.4 Å². The molecule has 1 aromatic carbocycles. The molecule has 4 nitrogen and oxygen atoms in total. The summed E-state index contributed by atoms with van der Waals surface area (Å²) in [6.07, 6.45) is 4.72. The van der Waals surface area contributed by atoms with Crippen LogP contribution in [-0.4, -0.2) is 22.9 Å². The van der Waals surface area contributed by atoms with Gasteiger partial charge < -0.3 is 10.1 Å². The van der Waals surface area contributed by atoms with Crippen molar-refractivity contribution in [2.75, 3.05) is 13.2 Å². The molecule has 4 heteroatoms. The predicted octanol–water partition coefficient (Wildman–Crippen LogP) is 2.69. The molecule has 0 aliphatic carbocycles. The van der Waals surface area contributed by atoms with Crippen molar-refractivity contribution in [3.8, 4) is 0 Å². The standard InChI is InChI=1S/C16H21N3O/c1-11-16-13-7-8-17-10-12(13)5-6-14(16)19(18-11)15-4-2-3-9-20-15/h5-6,15,17H,2-4,7-10H2,1H3. The molecular weight excluding hydrogens is 250 g/mol. The van der Waals surface area contributed by atoms with E-state index < -0.39 is 0 Å². The van der Waals surface area contributed by atoms with Gasteiger partial charge in [0.25, 0.3) is 0 Å². The molecule has 3 heterocycles. The average Bonchev–Trinajstić information content (AvgIpc) is 2.86. The number of aryl methyl sites for hydroxylation is 1. The number of hydrogen-bond acceptors (Lipinski definition) is 3. The molecule has 4 rings (SSSR count). The van der Waals surface area contributed by atoms with Crippen molar-refractivity contribution in [3.05, 3.63) is 29.0 Å². The Kier molecular flexibility index (Phi) is 3.00. The van der Waals surface area contributed by atoms with E-state index in [0.717, 1.165) is 38.2 Å². The van der Waals surface area contributed by atoms with Crippen LogP contribution in [0.15, 0.2) is 12.1 Å². The fourth-order valence-corrected chi connectivity index (χ4v) is 3.56. The molecule has 0 saturated carbocycles. The van der Waals surface area contributed by atoms with Crippen molar-refractivity contribution < 1.29 is 4.74 Å². The number of nitrogens with zero attached hydrogens (tertiary/aromatic N) is 2. The molecule has 0 radical (unpaired) electrons. The topological polar surface area (TPSA) is 39.1 Å². The van der Waals surface area contributed by atoms with Crippen LogP contribution in [0.5, 0.6) is 0 Å². The number of fused-ring (bicyclic) bond motifs is 3. The van der Waals surface area contributed by atoms with E-state index in [-0.39, 0.29) is 6.23 Å². The Hall–Kier alpha value is -1.39. The summed E-state index contributed by atoms with van der Waals surface area (Å²) in [7, 11) is 0. The lowest BCUT2D eigenvalue weighted by Gasteiger charge is -2.24. The molecule has 0 bridgehead atoms. The van der Waals surface area contributed by atoms with Crippen LogP contribution in [0.1, 0.15) is 42.3 Å². The Bertz CT molecular complexity index is 641. The Morgan fingerprint density at radius 2 is 2.30 bits per heavy atom. The Morgan fingerprint density at radius 3 is 3.15 bits per heavy atom. The first-order valence-corrected chi connectivity index (χ1v) is 7.66. The van der Waals surface area contributed by atoms with Gasteiger partial charge in [-0.15, -0.1) is 0 Å². The number of ether oxygens (including phenoxy) is 1. The summed E-state index contributed by atoms with van der Waals surface area (Å²) in [5.41, 5.74) is 5.31. The second-order valence-electron chi connectivity index (χ2n) is 5.88. The third kappa shape index (κ3) is 1.86. The second kappa shape index (κ2) is 4.86. The molecule has 1 N–H and O–H groups in total. The maximum atomic E-state index is 5.92. The minimum absolute atomic E-state index is 0.125. The number of benzene rings is 1. The number of rotatable bonds is 1. The normalized spacial score (nSPS) is 22.9. The van der Waals surface area contributed by atoms with Crippen LogP contribution < -0.4 is 5.32 Å². The molecular formula is C16H21N3O. The predicted molar refractivity (Wildman–Crippen MR) is 78.7 cm³/mol. The maximum absolute atomic E-state index is 5.92. The van der Waals surface area contributed by atoms with Gasteiger partial charge in [0.05, 0.1) is 11.2 Å². The van der Waals surface area contributed by atoms with Crippen molar-refractivity contribution in [1.29, 1.82) is 0 Å². The molecule has 2 aliphatic rings. The zero-order valence-corrected chi connectivity index (χ0v) is 12.0. The molecule has 1 saturated heterocycles. The third-order valence-corrected chi connectivity index (χ3v) is 4.55. The summed E-state index contributed by atoms with van der Waals surface area (Å²) >= 11 is 0. The molecule has 1 aromatic heterocycles. The molecule has 1 unspecified atom stereocenters. The van der Waals surface area contributed by atoms with Crippen LogP contribution >= 0.6 is 0 Å².